The second kappa shape index (κ2) is 4.37. The maximum absolute atomic E-state index is 4.04. The summed E-state index contributed by atoms with van der Waals surface area (Å²) in [7, 11) is 4.11. The predicted octanol–water partition coefficient (Wildman–Crippen LogP) is 0.900. The predicted molar refractivity (Wildman–Crippen MR) is 51.5 cm³/mol. The first-order valence-corrected chi connectivity index (χ1v) is 4.64. The molecule has 0 spiro atoms. The monoisotopic (exact) mass is 186 g/mol. The Bertz CT molecular complexity index is 209. The summed E-state index contributed by atoms with van der Waals surface area (Å²) in [6.07, 6.45) is 1.56. The molecule has 0 amide bonds. The first kappa shape index (κ1) is 9.41. The van der Waals surface area contributed by atoms with Gasteiger partial charge in [0.2, 0.25) is 5.13 Å². The Labute approximate surface area is 76.8 Å². The molecule has 1 heterocycles. The topological polar surface area (TPSA) is 41.0 Å². The highest BCUT2D eigenvalue weighted by atomic mass is 32.1. The van der Waals surface area contributed by atoms with Crippen LogP contribution in [0.15, 0.2) is 6.33 Å². The molecule has 0 saturated carbocycles. The summed E-state index contributed by atoms with van der Waals surface area (Å²) in [6.45, 7) is 3.13. The highest BCUT2D eigenvalue weighted by Crippen LogP contribution is 2.08. The summed E-state index contributed by atoms with van der Waals surface area (Å²) in [4.78, 5) is 6.18. The number of nitrogens with zero attached hydrogens (tertiary/aromatic N) is 3. The first-order valence-electron chi connectivity index (χ1n) is 3.86. The first-order chi connectivity index (χ1) is 5.68. The van der Waals surface area contributed by atoms with Crippen LogP contribution in [-0.2, 0) is 0 Å². The largest absolute Gasteiger partial charge is 0.357 e. The Morgan fingerprint density at radius 3 is 2.92 bits per heavy atom. The van der Waals surface area contributed by atoms with Crippen LogP contribution in [0.2, 0.25) is 0 Å². The van der Waals surface area contributed by atoms with Gasteiger partial charge in [-0.2, -0.15) is 4.37 Å². The molecule has 4 nitrogen and oxygen atoms in total. The third-order valence-electron chi connectivity index (χ3n) is 1.37. The van der Waals surface area contributed by atoms with E-state index < -0.39 is 0 Å². The lowest BCUT2D eigenvalue weighted by Gasteiger charge is -2.17. The Morgan fingerprint density at radius 2 is 2.42 bits per heavy atom. The maximum atomic E-state index is 4.04. The molecule has 1 aromatic rings. The molecular weight excluding hydrogens is 172 g/mol. The van der Waals surface area contributed by atoms with Crippen LogP contribution >= 0.6 is 11.5 Å². The zero-order valence-electron chi connectivity index (χ0n) is 7.61. The lowest BCUT2D eigenvalue weighted by molar-refractivity contribution is 0.392. The van der Waals surface area contributed by atoms with E-state index in [0.717, 1.165) is 11.7 Å². The van der Waals surface area contributed by atoms with Crippen molar-refractivity contribution in [3.05, 3.63) is 6.33 Å². The van der Waals surface area contributed by atoms with Gasteiger partial charge in [0.25, 0.3) is 0 Å². The van der Waals surface area contributed by atoms with Gasteiger partial charge >= 0.3 is 0 Å². The minimum atomic E-state index is 0.410. The zero-order valence-corrected chi connectivity index (χ0v) is 8.43. The van der Waals surface area contributed by atoms with Crippen LogP contribution in [-0.4, -0.2) is 40.9 Å². The van der Waals surface area contributed by atoms with Crippen molar-refractivity contribution >= 4 is 16.7 Å². The highest BCUT2D eigenvalue weighted by molar-refractivity contribution is 7.09. The molecule has 12 heavy (non-hydrogen) atoms. The highest BCUT2D eigenvalue weighted by Gasteiger charge is 2.04. The molecule has 0 aromatic carbocycles. The molecule has 1 aromatic heterocycles. The molecule has 1 atom stereocenters. The van der Waals surface area contributed by atoms with E-state index >= 15 is 0 Å². The fourth-order valence-corrected chi connectivity index (χ4v) is 1.58. The van der Waals surface area contributed by atoms with Gasteiger partial charge in [-0.15, -0.1) is 0 Å². The van der Waals surface area contributed by atoms with Gasteiger partial charge in [0, 0.05) is 24.1 Å². The van der Waals surface area contributed by atoms with Gasteiger partial charge in [0.15, 0.2) is 0 Å². The SMILES string of the molecule is CC(CN(C)C)Nc1ncns1. The van der Waals surface area contributed by atoms with E-state index in [1.165, 1.54) is 11.5 Å². The lowest BCUT2D eigenvalue weighted by Crippen LogP contribution is -2.29. The van der Waals surface area contributed by atoms with Crippen LogP contribution in [0.1, 0.15) is 6.92 Å². The van der Waals surface area contributed by atoms with Crippen molar-refractivity contribution in [1.29, 1.82) is 0 Å². The van der Waals surface area contributed by atoms with E-state index in [2.05, 4.69) is 40.6 Å². The van der Waals surface area contributed by atoms with E-state index in [-0.39, 0.29) is 0 Å². The molecular formula is C7H14N4S. The molecule has 0 aliphatic rings. The van der Waals surface area contributed by atoms with Crippen LogP contribution in [0, 0.1) is 0 Å². The molecule has 68 valence electrons. The summed E-state index contributed by atoms with van der Waals surface area (Å²) < 4.78 is 3.91. The van der Waals surface area contributed by atoms with E-state index in [4.69, 9.17) is 0 Å². The van der Waals surface area contributed by atoms with Gasteiger partial charge in [-0.1, -0.05) is 0 Å². The Balaban J connectivity index is 2.32. The number of rotatable bonds is 4. The third-order valence-corrected chi connectivity index (χ3v) is 1.97. The maximum Gasteiger partial charge on any atom is 0.202 e. The molecule has 1 rings (SSSR count). The second-order valence-electron chi connectivity index (χ2n) is 3.05. The molecule has 0 radical (unpaired) electrons. The van der Waals surface area contributed by atoms with Gasteiger partial charge < -0.3 is 10.2 Å². The van der Waals surface area contributed by atoms with Crippen molar-refractivity contribution in [3.8, 4) is 0 Å². The summed E-state index contributed by atoms with van der Waals surface area (Å²) in [6, 6.07) is 0.410. The molecule has 1 N–H and O–H groups in total. The van der Waals surface area contributed by atoms with Gasteiger partial charge in [0.1, 0.15) is 6.33 Å². The second-order valence-corrected chi connectivity index (χ2v) is 3.83. The standard InChI is InChI=1S/C7H14N4S/c1-6(4-11(2)3)10-7-8-5-9-12-7/h5-6H,4H2,1-3H3,(H,8,9,10). The van der Waals surface area contributed by atoms with E-state index in [0.29, 0.717) is 6.04 Å². The summed E-state index contributed by atoms with van der Waals surface area (Å²) >= 11 is 1.39. The van der Waals surface area contributed by atoms with E-state index in [9.17, 15) is 0 Å². The minimum Gasteiger partial charge on any atom is -0.357 e. The molecule has 5 heteroatoms. The number of anilines is 1. The molecule has 0 saturated heterocycles. The van der Waals surface area contributed by atoms with Crippen molar-refractivity contribution < 1.29 is 0 Å². The van der Waals surface area contributed by atoms with Crippen LogP contribution in [0.4, 0.5) is 5.13 Å². The fourth-order valence-electron chi connectivity index (χ4n) is 1.04. The van der Waals surface area contributed by atoms with Gasteiger partial charge in [-0.3, -0.25) is 0 Å². The van der Waals surface area contributed by atoms with Gasteiger partial charge in [-0.05, 0) is 21.0 Å². The summed E-state index contributed by atoms with van der Waals surface area (Å²) in [5.41, 5.74) is 0. The van der Waals surface area contributed by atoms with E-state index in [1.807, 2.05) is 0 Å². The lowest BCUT2D eigenvalue weighted by atomic mass is 10.3. The Hall–Kier alpha value is -0.680. The van der Waals surface area contributed by atoms with Crippen molar-refractivity contribution in [3.63, 3.8) is 0 Å². The quantitative estimate of drug-likeness (QED) is 0.758. The molecule has 0 aliphatic heterocycles. The van der Waals surface area contributed by atoms with Crippen molar-refractivity contribution in [2.45, 2.75) is 13.0 Å². The zero-order chi connectivity index (χ0) is 8.97. The average Bonchev–Trinajstić information content (AvgIpc) is 2.37. The van der Waals surface area contributed by atoms with Crippen molar-refractivity contribution in [2.24, 2.45) is 0 Å². The van der Waals surface area contributed by atoms with E-state index in [1.54, 1.807) is 6.33 Å². The van der Waals surface area contributed by atoms with Crippen LogP contribution in [0.25, 0.3) is 0 Å². The number of hydrogen-bond acceptors (Lipinski definition) is 5. The number of hydrogen-bond donors (Lipinski definition) is 1. The molecule has 0 bridgehead atoms. The third kappa shape index (κ3) is 3.15. The van der Waals surface area contributed by atoms with Gasteiger partial charge in [-0.25, -0.2) is 4.98 Å². The minimum absolute atomic E-state index is 0.410. The fraction of sp³-hybridized carbons (Fsp3) is 0.714. The summed E-state index contributed by atoms with van der Waals surface area (Å²) in [5.74, 6) is 0. The normalized spacial score (nSPS) is 13.3. The van der Waals surface area contributed by atoms with Crippen LogP contribution in [0.3, 0.4) is 0 Å². The average molecular weight is 186 g/mol. The molecule has 0 fully saturated rings. The smallest absolute Gasteiger partial charge is 0.202 e. The Kier molecular flexibility index (Phi) is 3.43. The number of aromatic nitrogens is 2. The number of nitrogens with one attached hydrogen (secondary N) is 1. The van der Waals surface area contributed by atoms with Gasteiger partial charge in [0.05, 0.1) is 0 Å². The molecule has 1 unspecified atom stereocenters. The number of likely N-dealkylation sites (N-methyl/N-ethyl adjacent to an activating group) is 1. The van der Waals surface area contributed by atoms with Crippen LogP contribution in [0.5, 0.6) is 0 Å². The Morgan fingerprint density at radius 1 is 1.67 bits per heavy atom. The van der Waals surface area contributed by atoms with Crippen LogP contribution < -0.4 is 5.32 Å². The summed E-state index contributed by atoms with van der Waals surface area (Å²) in [5, 5.41) is 4.15. The van der Waals surface area contributed by atoms with Crippen molar-refractivity contribution in [1.82, 2.24) is 14.3 Å². The molecule has 0 aliphatic carbocycles. The van der Waals surface area contributed by atoms with Crippen molar-refractivity contribution in [2.75, 3.05) is 26.0 Å².